The van der Waals surface area contributed by atoms with Gasteiger partial charge in [0.05, 0.1) is 13.2 Å². The van der Waals surface area contributed by atoms with E-state index in [0.717, 1.165) is 11.1 Å². The molecule has 0 fully saturated rings. The average molecular weight is 554 g/mol. The summed E-state index contributed by atoms with van der Waals surface area (Å²) in [5.74, 6) is -2.95. The second-order valence-corrected chi connectivity index (χ2v) is 10.6. The number of benzene rings is 2. The summed E-state index contributed by atoms with van der Waals surface area (Å²) in [6, 6.07) is 9.13. The van der Waals surface area contributed by atoms with Gasteiger partial charge >= 0.3 is 100 Å². The van der Waals surface area contributed by atoms with E-state index in [1.54, 1.807) is 26.0 Å². The van der Waals surface area contributed by atoms with E-state index in [9.17, 15) is 23.2 Å². The van der Waals surface area contributed by atoms with Crippen LogP contribution in [0, 0.1) is 12.8 Å². The summed E-state index contributed by atoms with van der Waals surface area (Å²) < 4.78 is 38.7. The molecular formula is C23H31AsN2O9. The van der Waals surface area contributed by atoms with Crippen LogP contribution in [0.4, 0.5) is 11.4 Å². The van der Waals surface area contributed by atoms with Crippen LogP contribution in [-0.2, 0) is 34.0 Å². The van der Waals surface area contributed by atoms with E-state index < -0.39 is 37.9 Å². The fourth-order valence-electron chi connectivity index (χ4n) is 2.97. The van der Waals surface area contributed by atoms with E-state index in [0.29, 0.717) is 5.69 Å². The molecule has 2 rings (SSSR count). The first-order chi connectivity index (χ1) is 16.3. The van der Waals surface area contributed by atoms with E-state index in [1.807, 2.05) is 13.0 Å². The third-order valence-electron chi connectivity index (χ3n) is 4.69. The Labute approximate surface area is 206 Å². The van der Waals surface area contributed by atoms with Crippen LogP contribution in [-0.4, -0.2) is 58.5 Å². The Morgan fingerprint density at radius 1 is 1.03 bits per heavy atom. The molecule has 2 aromatic rings. The molecule has 1 amide bonds. The Kier molecular flexibility index (Phi) is 11.5. The molecule has 12 heteroatoms. The Morgan fingerprint density at radius 2 is 1.57 bits per heavy atom. The number of phenolic OH excluding ortho intramolecular Hbond substituents is 1. The minimum absolute atomic E-state index is 0.225. The van der Waals surface area contributed by atoms with Gasteiger partial charge in [-0.25, -0.2) is 0 Å². The largest absolute Gasteiger partial charge is 0.465 e. The van der Waals surface area contributed by atoms with Crippen LogP contribution in [0.5, 0.6) is 5.75 Å². The van der Waals surface area contributed by atoms with Crippen molar-refractivity contribution in [3.63, 3.8) is 0 Å². The van der Waals surface area contributed by atoms with Gasteiger partial charge in [-0.15, -0.1) is 0 Å². The number of esters is 2. The molecule has 0 radical (unpaired) electrons. The van der Waals surface area contributed by atoms with Crippen molar-refractivity contribution in [2.75, 3.05) is 24.3 Å². The standard InChI is InChI=1S/C15H21NO4.C8H10AsNO5/c1-4-19-14(17)12(15(18)20-5-2)9-11-7-6-8-13(16)10(11)3;1-5(11)10-8-6(9(13,14)15)3-2-4-7(8)12/h6-8,12H,4-5,9,16H2,1-3H3;2-4,12H,1H3,(H,10,11)(H2,13,14,15). The molecule has 0 aromatic heterocycles. The molecule has 192 valence electrons. The third-order valence-corrected chi connectivity index (χ3v) is 6.79. The number of carbonyl (C=O) groups is 3. The van der Waals surface area contributed by atoms with Gasteiger partial charge in [-0.2, -0.15) is 0 Å². The number of ether oxygens (including phenoxy) is 2. The maximum Gasteiger partial charge on any atom is 0.320 e. The molecule has 0 saturated heterocycles. The first-order valence-corrected chi connectivity index (χ1v) is 14.0. The number of anilines is 2. The first kappa shape index (κ1) is 29.8. The number of aromatic hydroxyl groups is 1. The zero-order valence-corrected chi connectivity index (χ0v) is 21.9. The van der Waals surface area contributed by atoms with Gasteiger partial charge in [0.2, 0.25) is 0 Å². The summed E-state index contributed by atoms with van der Waals surface area (Å²) in [4.78, 5) is 34.6. The van der Waals surface area contributed by atoms with E-state index >= 15 is 0 Å². The van der Waals surface area contributed by atoms with Crippen LogP contribution in [0.1, 0.15) is 31.9 Å². The predicted octanol–water partition coefficient (Wildman–Crippen LogP) is 0.774. The number of nitrogen functional groups attached to an aromatic ring is 1. The fraction of sp³-hybridized carbons (Fsp3) is 0.348. The summed E-state index contributed by atoms with van der Waals surface area (Å²) in [6.07, 6.45) is 0.231. The fourth-order valence-corrected chi connectivity index (χ4v) is 4.52. The second kappa shape index (κ2) is 13.6. The molecular weight excluding hydrogens is 523 g/mol. The molecule has 0 bridgehead atoms. The van der Waals surface area contributed by atoms with E-state index in [4.69, 9.17) is 23.4 Å². The van der Waals surface area contributed by atoms with Gasteiger partial charge in [-0.1, -0.05) is 12.1 Å². The number of amides is 1. The van der Waals surface area contributed by atoms with Crippen LogP contribution in [0.25, 0.3) is 0 Å². The first-order valence-electron chi connectivity index (χ1n) is 10.7. The summed E-state index contributed by atoms with van der Waals surface area (Å²) in [5.41, 5.74) is 7.95. The number of nitrogens with one attached hydrogen (secondary N) is 1. The van der Waals surface area contributed by atoms with Gasteiger partial charge in [-0.05, 0) is 44.4 Å². The number of hydrogen-bond donors (Lipinski definition) is 5. The molecule has 0 heterocycles. The smallest absolute Gasteiger partial charge is 0.320 e. The molecule has 0 aliphatic rings. The van der Waals surface area contributed by atoms with Crippen molar-refractivity contribution in [2.24, 2.45) is 5.92 Å². The zero-order chi connectivity index (χ0) is 26.8. The summed E-state index contributed by atoms with van der Waals surface area (Å²) in [7, 11) is 0. The molecule has 0 spiro atoms. The van der Waals surface area contributed by atoms with Gasteiger partial charge in [0, 0.05) is 5.69 Å². The van der Waals surface area contributed by atoms with Crippen molar-refractivity contribution in [1.82, 2.24) is 0 Å². The topological polar surface area (TPSA) is 185 Å². The summed E-state index contributed by atoms with van der Waals surface area (Å²) in [5, 5.41) is 11.5. The maximum atomic E-state index is 11.9. The maximum absolute atomic E-state index is 11.9. The van der Waals surface area contributed by atoms with Gasteiger partial charge in [0.15, 0.2) is 5.92 Å². The molecule has 6 N–H and O–H groups in total. The van der Waals surface area contributed by atoms with Crippen LogP contribution >= 0.6 is 0 Å². The SMILES string of the molecule is CC(=O)Nc1c(O)cccc1[As](=O)(O)O.CCOC(=O)C(Cc1cccc(N)c1C)C(=O)OCC. The normalized spacial score (nSPS) is 10.7. The molecule has 0 atom stereocenters. The van der Waals surface area contributed by atoms with Crippen molar-refractivity contribution in [2.45, 2.75) is 34.1 Å². The quantitative estimate of drug-likeness (QED) is 0.103. The summed E-state index contributed by atoms with van der Waals surface area (Å²) in [6.45, 7) is 6.90. The van der Waals surface area contributed by atoms with Crippen molar-refractivity contribution in [3.05, 3.63) is 47.5 Å². The number of nitrogens with two attached hydrogens (primary N) is 1. The summed E-state index contributed by atoms with van der Waals surface area (Å²) >= 11 is -5.14. The van der Waals surface area contributed by atoms with Crippen LogP contribution in [0.2, 0.25) is 0 Å². The number of phenols is 1. The van der Waals surface area contributed by atoms with Crippen LogP contribution in [0.3, 0.4) is 0 Å². The van der Waals surface area contributed by atoms with Gasteiger partial charge in [0.1, 0.15) is 0 Å². The van der Waals surface area contributed by atoms with Crippen LogP contribution < -0.4 is 15.4 Å². The predicted molar refractivity (Wildman–Crippen MR) is 129 cm³/mol. The van der Waals surface area contributed by atoms with Gasteiger partial charge in [-0.3, -0.25) is 9.59 Å². The number of carbonyl (C=O) groups excluding carboxylic acids is 3. The molecule has 2 aromatic carbocycles. The minimum atomic E-state index is -5.14. The average Bonchev–Trinajstić information content (AvgIpc) is 2.76. The van der Waals surface area contributed by atoms with Gasteiger partial charge in [0.25, 0.3) is 0 Å². The molecule has 35 heavy (non-hydrogen) atoms. The van der Waals surface area contributed by atoms with Crippen molar-refractivity contribution < 1.29 is 40.9 Å². The zero-order valence-electron chi connectivity index (χ0n) is 20.0. The number of para-hydroxylation sites is 1. The number of hydrogen-bond acceptors (Lipinski definition) is 8. The van der Waals surface area contributed by atoms with E-state index in [2.05, 4.69) is 5.32 Å². The van der Waals surface area contributed by atoms with Gasteiger partial charge < -0.3 is 15.2 Å². The molecule has 0 saturated carbocycles. The minimum Gasteiger partial charge on any atom is -0.465 e. The van der Waals surface area contributed by atoms with Crippen LogP contribution in [0.15, 0.2) is 36.4 Å². The van der Waals surface area contributed by atoms with E-state index in [-0.39, 0.29) is 35.4 Å². The molecule has 0 unspecified atom stereocenters. The second-order valence-electron chi connectivity index (χ2n) is 7.29. The third kappa shape index (κ3) is 9.12. The molecule has 11 nitrogen and oxygen atoms in total. The Morgan fingerprint density at radius 3 is 2.06 bits per heavy atom. The monoisotopic (exact) mass is 554 g/mol. The molecule has 0 aliphatic heterocycles. The Bertz CT molecular complexity index is 1080. The van der Waals surface area contributed by atoms with Crippen molar-refractivity contribution in [3.8, 4) is 5.75 Å². The van der Waals surface area contributed by atoms with E-state index in [1.165, 1.54) is 25.1 Å². The Hall–Kier alpha value is -3.27. The number of rotatable bonds is 8. The Balaban J connectivity index is 0.000000365. The van der Waals surface area contributed by atoms with Crippen molar-refractivity contribution in [1.29, 1.82) is 0 Å². The van der Waals surface area contributed by atoms with Crippen molar-refractivity contribution >= 4 is 47.7 Å². The molecule has 0 aliphatic carbocycles.